The molecule has 1 atom stereocenters. The van der Waals surface area contributed by atoms with Crippen molar-refractivity contribution in [2.75, 3.05) is 0 Å². The van der Waals surface area contributed by atoms with Crippen molar-refractivity contribution in [3.8, 4) is 0 Å². The third kappa shape index (κ3) is 3.87. The summed E-state index contributed by atoms with van der Waals surface area (Å²) in [5.74, 6) is -0.0231. The Morgan fingerprint density at radius 1 is 0.882 bits per heavy atom. The molecule has 0 bridgehead atoms. The lowest BCUT2D eigenvalue weighted by Crippen LogP contribution is -2.04. The fourth-order valence-electron chi connectivity index (χ4n) is 1.72. The largest absolute Gasteiger partial charge is 0.299 e. The number of rotatable bonds is 5. The first-order valence-electron chi connectivity index (χ1n) is 6.39. The molecule has 0 saturated heterocycles. The number of hydrogen-bond donors (Lipinski definition) is 0. The summed E-state index contributed by atoms with van der Waals surface area (Å²) < 4.78 is 7.94. The molecule has 17 heavy (non-hydrogen) atoms. The van der Waals surface area contributed by atoms with Crippen molar-refractivity contribution >= 4 is 5.78 Å². The third-order valence-electron chi connectivity index (χ3n) is 2.63. The van der Waals surface area contributed by atoms with Crippen LogP contribution in [0.4, 0.5) is 0 Å². The van der Waals surface area contributed by atoms with E-state index in [1.54, 1.807) is 0 Å². The molecular weight excluding hydrogens is 208 g/mol. The lowest BCUT2D eigenvalue weighted by molar-refractivity contribution is -0.118. The van der Waals surface area contributed by atoms with Crippen molar-refractivity contribution in [1.29, 1.82) is 0 Å². The molecule has 1 nitrogen and oxygen atoms in total. The highest BCUT2D eigenvalue weighted by molar-refractivity contribution is 5.81. The average Bonchev–Trinajstić information content (AvgIpc) is 2.46. The quantitative estimate of drug-likeness (QED) is 0.762. The molecule has 0 spiro atoms. The van der Waals surface area contributed by atoms with E-state index < -0.39 is 6.40 Å². The molecule has 86 valence electrons. The maximum Gasteiger partial charge on any atom is 0.137 e. The predicted octanol–water partition coefficient (Wildman–Crippen LogP) is 3.43. The van der Waals surface area contributed by atoms with Gasteiger partial charge < -0.3 is 0 Å². The van der Waals surface area contributed by atoms with Gasteiger partial charge in [-0.15, -0.1) is 0 Å². The first-order chi connectivity index (χ1) is 8.77. The Labute approximate surface area is 104 Å². The Bertz CT molecular complexity index is 493. The van der Waals surface area contributed by atoms with Crippen LogP contribution in [0.1, 0.15) is 18.9 Å². The Hall–Kier alpha value is -1.89. The van der Waals surface area contributed by atoms with Crippen LogP contribution in [0.25, 0.3) is 0 Å². The highest BCUT2D eigenvalue weighted by atomic mass is 16.1. The van der Waals surface area contributed by atoms with E-state index in [2.05, 4.69) is 0 Å². The minimum Gasteiger partial charge on any atom is -0.299 e. The van der Waals surface area contributed by atoms with Gasteiger partial charge in [-0.05, 0) is 17.5 Å². The first kappa shape index (κ1) is 10.3. The molecule has 1 heteroatoms. The Morgan fingerprint density at radius 3 is 2.00 bits per heavy atom. The zero-order valence-electron chi connectivity index (χ0n) is 10.7. The van der Waals surface area contributed by atoms with Gasteiger partial charge in [-0.3, -0.25) is 4.79 Å². The lowest BCUT2D eigenvalue weighted by Gasteiger charge is -2.01. The third-order valence-corrected chi connectivity index (χ3v) is 2.63. The van der Waals surface area contributed by atoms with Gasteiger partial charge in [-0.2, -0.15) is 0 Å². The molecule has 0 heterocycles. The number of carbonyl (C=O) groups is 1. The van der Waals surface area contributed by atoms with E-state index in [1.807, 2.05) is 60.7 Å². The molecule has 0 saturated carbocycles. The summed E-state index contributed by atoms with van der Waals surface area (Å²) in [6.45, 7) is 0. The summed E-state index contributed by atoms with van der Waals surface area (Å²) in [6, 6.07) is 19.2. The van der Waals surface area contributed by atoms with Crippen LogP contribution in [0.5, 0.6) is 0 Å². The number of benzene rings is 2. The lowest BCUT2D eigenvalue weighted by atomic mass is 10.0. The van der Waals surface area contributed by atoms with Crippen LogP contribution in [0.15, 0.2) is 60.7 Å². The zero-order valence-corrected chi connectivity index (χ0v) is 9.67. The minimum absolute atomic E-state index is 0.0231. The highest BCUT2D eigenvalue weighted by Crippen LogP contribution is 2.06. The van der Waals surface area contributed by atoms with Crippen LogP contribution in [-0.2, 0) is 17.6 Å². The number of hydrogen-bond acceptors (Lipinski definition) is 1. The molecule has 2 aromatic rings. The second-order valence-electron chi connectivity index (χ2n) is 4.01. The molecule has 2 rings (SSSR count). The van der Waals surface area contributed by atoms with Gasteiger partial charge in [0, 0.05) is 14.2 Å². The Kier molecular flexibility index (Phi) is 3.62. The minimum atomic E-state index is -0.755. The van der Waals surface area contributed by atoms with Crippen LogP contribution in [0.2, 0.25) is 0 Å². The monoisotopic (exact) mass is 225 g/mol. The number of aryl methyl sites for hydroxylation is 1. The number of ketones is 1. The van der Waals surface area contributed by atoms with E-state index in [0.29, 0.717) is 12.8 Å². The first-order valence-corrected chi connectivity index (χ1v) is 5.81. The van der Waals surface area contributed by atoms with Crippen LogP contribution in [0.3, 0.4) is 0 Å². The van der Waals surface area contributed by atoms with Crippen molar-refractivity contribution in [3.63, 3.8) is 0 Å². The molecule has 1 unspecified atom stereocenters. The highest BCUT2D eigenvalue weighted by Gasteiger charge is 2.03. The fourth-order valence-corrected chi connectivity index (χ4v) is 1.72. The van der Waals surface area contributed by atoms with Gasteiger partial charge in [-0.1, -0.05) is 60.7 Å². The summed E-state index contributed by atoms with van der Waals surface area (Å²) in [5, 5.41) is 0. The summed E-state index contributed by atoms with van der Waals surface area (Å²) in [7, 11) is 0. The predicted molar refractivity (Wildman–Crippen MR) is 69.9 cm³/mol. The maximum absolute atomic E-state index is 11.9. The Morgan fingerprint density at radius 2 is 1.41 bits per heavy atom. The van der Waals surface area contributed by atoms with E-state index in [9.17, 15) is 4.79 Å². The number of carbonyl (C=O) groups excluding carboxylic acids is 1. The number of Topliss-reactive ketones (excluding diaryl/α,β-unsaturated/α-hetero) is 1. The van der Waals surface area contributed by atoms with E-state index in [0.717, 1.165) is 11.1 Å². The standard InChI is InChI=1S/C16H16O/c17-16(13-15-9-5-2-6-10-15)12-11-14-7-3-1-4-8-14/h1-10H,11-13H2/i13D. The molecule has 0 fully saturated rings. The second kappa shape index (κ2) is 6.00. The molecule has 0 aromatic heterocycles. The molecule has 0 amide bonds. The normalized spacial score (nSPS) is 12.8. The van der Waals surface area contributed by atoms with E-state index in [1.165, 1.54) is 0 Å². The van der Waals surface area contributed by atoms with Gasteiger partial charge in [0.05, 0.1) is 0 Å². The fraction of sp³-hybridized carbons (Fsp3) is 0.188. The van der Waals surface area contributed by atoms with Crippen molar-refractivity contribution in [2.45, 2.75) is 19.2 Å². The van der Waals surface area contributed by atoms with Gasteiger partial charge >= 0.3 is 0 Å². The summed E-state index contributed by atoms with van der Waals surface area (Å²) in [4.78, 5) is 11.9. The second-order valence-corrected chi connectivity index (χ2v) is 4.01. The Balaban J connectivity index is 1.93. The molecular formula is C16H16O. The van der Waals surface area contributed by atoms with Crippen LogP contribution in [-0.4, -0.2) is 5.78 Å². The van der Waals surface area contributed by atoms with Crippen molar-refractivity contribution in [2.24, 2.45) is 0 Å². The molecule has 0 aliphatic carbocycles. The molecule has 2 aromatic carbocycles. The van der Waals surface area contributed by atoms with Gasteiger partial charge in [-0.25, -0.2) is 0 Å². The van der Waals surface area contributed by atoms with Gasteiger partial charge in [0.1, 0.15) is 5.78 Å². The molecule has 0 aliphatic rings. The summed E-state index contributed by atoms with van der Waals surface area (Å²) in [5.41, 5.74) is 1.92. The summed E-state index contributed by atoms with van der Waals surface area (Å²) in [6.07, 6.45) is 0.379. The maximum atomic E-state index is 11.9. The van der Waals surface area contributed by atoms with Gasteiger partial charge in [0.15, 0.2) is 0 Å². The summed E-state index contributed by atoms with van der Waals surface area (Å²) >= 11 is 0. The van der Waals surface area contributed by atoms with E-state index >= 15 is 0 Å². The van der Waals surface area contributed by atoms with E-state index in [-0.39, 0.29) is 5.78 Å². The van der Waals surface area contributed by atoms with Gasteiger partial charge in [0.25, 0.3) is 0 Å². The topological polar surface area (TPSA) is 17.1 Å². The van der Waals surface area contributed by atoms with Crippen molar-refractivity contribution in [1.82, 2.24) is 0 Å². The molecule has 0 N–H and O–H groups in total. The van der Waals surface area contributed by atoms with Crippen molar-refractivity contribution < 1.29 is 6.17 Å². The van der Waals surface area contributed by atoms with Crippen LogP contribution in [0, 0.1) is 0 Å². The molecule has 0 aliphatic heterocycles. The van der Waals surface area contributed by atoms with Gasteiger partial charge in [0.2, 0.25) is 0 Å². The van der Waals surface area contributed by atoms with Crippen LogP contribution < -0.4 is 0 Å². The zero-order chi connectivity index (χ0) is 12.8. The molecule has 0 radical (unpaired) electrons. The van der Waals surface area contributed by atoms with Crippen LogP contribution >= 0.6 is 0 Å². The SMILES string of the molecule is [2H]C(C(=O)CCc1ccccc1)c1ccccc1. The smallest absolute Gasteiger partial charge is 0.137 e. The average molecular weight is 225 g/mol. The van der Waals surface area contributed by atoms with E-state index in [4.69, 9.17) is 1.37 Å². The van der Waals surface area contributed by atoms with Crippen molar-refractivity contribution in [3.05, 3.63) is 71.8 Å².